The second-order valence-electron chi connectivity index (χ2n) is 7.44. The minimum absolute atomic E-state index is 0.123. The molecule has 0 unspecified atom stereocenters. The van der Waals surface area contributed by atoms with Crippen molar-refractivity contribution >= 4 is 40.0 Å². The largest absolute Gasteiger partial charge is 0.336 e. The summed E-state index contributed by atoms with van der Waals surface area (Å²) >= 11 is 12.6. The van der Waals surface area contributed by atoms with Gasteiger partial charge in [0.05, 0.1) is 35.2 Å². The van der Waals surface area contributed by atoms with Crippen LogP contribution in [0.25, 0.3) is 22.2 Å². The lowest BCUT2D eigenvalue weighted by Crippen LogP contribution is -2.27. The smallest absolute Gasteiger partial charge is 0.254 e. The number of halogens is 2. The Hall–Kier alpha value is -2.89. The molecule has 2 aromatic carbocycles. The maximum atomic E-state index is 13.5. The number of carbonyl (C=O) groups is 1. The lowest BCUT2D eigenvalue weighted by atomic mass is 10.0. The third kappa shape index (κ3) is 4.16. The number of imidazole rings is 1. The summed E-state index contributed by atoms with van der Waals surface area (Å²) in [5.41, 5.74) is 3.61. The van der Waals surface area contributed by atoms with Gasteiger partial charge in [0.15, 0.2) is 0 Å². The Morgan fingerprint density at radius 3 is 2.61 bits per heavy atom. The fourth-order valence-electron chi connectivity index (χ4n) is 3.67. The number of hydrogen-bond donors (Lipinski definition) is 0. The van der Waals surface area contributed by atoms with Crippen LogP contribution in [0, 0.1) is 0 Å². The fraction of sp³-hybridized carbons (Fsp3) is 0.208. The van der Waals surface area contributed by atoms with E-state index in [1.54, 1.807) is 30.1 Å². The van der Waals surface area contributed by atoms with Gasteiger partial charge in [-0.25, -0.2) is 9.97 Å². The predicted molar refractivity (Wildman–Crippen MR) is 126 cm³/mol. The van der Waals surface area contributed by atoms with Crippen LogP contribution in [0.3, 0.4) is 0 Å². The lowest BCUT2D eigenvalue weighted by Gasteiger charge is -2.19. The van der Waals surface area contributed by atoms with E-state index in [2.05, 4.69) is 11.9 Å². The van der Waals surface area contributed by atoms with Gasteiger partial charge in [0.25, 0.3) is 5.91 Å². The number of benzene rings is 2. The van der Waals surface area contributed by atoms with Crippen LogP contribution in [0.2, 0.25) is 10.0 Å². The van der Waals surface area contributed by atoms with Gasteiger partial charge in [-0.15, -0.1) is 0 Å². The number of amides is 1. The number of aromatic nitrogens is 3. The molecular formula is C24H22Cl2N4O. The molecule has 0 N–H and O–H groups in total. The Balaban J connectivity index is 1.79. The van der Waals surface area contributed by atoms with Gasteiger partial charge < -0.3 is 9.47 Å². The van der Waals surface area contributed by atoms with Gasteiger partial charge in [0.1, 0.15) is 5.82 Å². The van der Waals surface area contributed by atoms with E-state index >= 15 is 0 Å². The molecule has 0 saturated heterocycles. The van der Waals surface area contributed by atoms with Crippen molar-refractivity contribution < 1.29 is 4.79 Å². The molecule has 31 heavy (non-hydrogen) atoms. The quantitative estimate of drug-likeness (QED) is 0.385. The maximum Gasteiger partial charge on any atom is 0.254 e. The zero-order valence-corrected chi connectivity index (χ0v) is 19.1. The normalized spacial score (nSPS) is 11.1. The lowest BCUT2D eigenvalue weighted by molar-refractivity contribution is 0.0784. The molecule has 4 rings (SSSR count). The molecule has 0 aliphatic rings. The van der Waals surface area contributed by atoms with Crippen molar-refractivity contribution in [2.24, 2.45) is 7.05 Å². The summed E-state index contributed by atoms with van der Waals surface area (Å²) in [6, 6.07) is 14.6. The first-order valence-electron chi connectivity index (χ1n) is 9.99. The van der Waals surface area contributed by atoms with E-state index in [1.165, 1.54) is 0 Å². The summed E-state index contributed by atoms with van der Waals surface area (Å²) in [7, 11) is 3.75. The first kappa shape index (κ1) is 21.3. The summed E-state index contributed by atoms with van der Waals surface area (Å²) < 4.78 is 2.03. The van der Waals surface area contributed by atoms with Crippen LogP contribution in [-0.2, 0) is 20.0 Å². The molecule has 0 saturated carbocycles. The first-order valence-corrected chi connectivity index (χ1v) is 10.7. The Morgan fingerprint density at radius 1 is 1.13 bits per heavy atom. The highest BCUT2D eigenvalue weighted by molar-refractivity contribution is 6.33. The third-order valence-corrected chi connectivity index (χ3v) is 5.96. The van der Waals surface area contributed by atoms with E-state index < -0.39 is 0 Å². The average molecular weight is 453 g/mol. The molecule has 2 aromatic heterocycles. The first-order chi connectivity index (χ1) is 14.9. The van der Waals surface area contributed by atoms with Crippen LogP contribution in [0.5, 0.6) is 0 Å². The molecule has 5 nitrogen and oxygen atoms in total. The van der Waals surface area contributed by atoms with Crippen LogP contribution >= 0.6 is 23.2 Å². The van der Waals surface area contributed by atoms with Crippen molar-refractivity contribution in [3.05, 3.63) is 81.9 Å². The molecule has 0 radical (unpaired) electrons. The standard InChI is InChI=1S/C24H22Cl2N4O/c1-4-23-27-13-16(30(23)3)14-29(2)24(31)19-12-22(17-7-5-6-8-20(17)26)28-21-10-9-15(25)11-18(19)21/h5-13H,4,14H2,1-3H3. The molecule has 0 bridgehead atoms. The molecule has 4 aromatic rings. The third-order valence-electron chi connectivity index (χ3n) is 5.39. The number of rotatable bonds is 5. The zero-order valence-electron chi connectivity index (χ0n) is 17.6. The van der Waals surface area contributed by atoms with E-state index in [0.29, 0.717) is 38.8 Å². The van der Waals surface area contributed by atoms with Crippen molar-refractivity contribution in [1.82, 2.24) is 19.4 Å². The van der Waals surface area contributed by atoms with Crippen molar-refractivity contribution in [2.75, 3.05) is 7.05 Å². The van der Waals surface area contributed by atoms with Crippen molar-refractivity contribution in [2.45, 2.75) is 19.9 Å². The number of aryl methyl sites for hydroxylation is 1. The van der Waals surface area contributed by atoms with Crippen LogP contribution in [0.15, 0.2) is 54.7 Å². The van der Waals surface area contributed by atoms with E-state index in [-0.39, 0.29) is 5.91 Å². The second-order valence-corrected chi connectivity index (χ2v) is 8.28. The number of nitrogens with zero attached hydrogens (tertiary/aromatic N) is 4. The summed E-state index contributed by atoms with van der Waals surface area (Å²) in [5, 5.41) is 1.84. The fourth-order valence-corrected chi connectivity index (χ4v) is 4.07. The molecule has 0 atom stereocenters. The SMILES string of the molecule is CCc1ncc(CN(C)C(=O)c2cc(-c3ccccc3Cl)nc3ccc(Cl)cc23)n1C. The Morgan fingerprint density at radius 2 is 1.90 bits per heavy atom. The topological polar surface area (TPSA) is 51.0 Å². The highest BCUT2D eigenvalue weighted by Gasteiger charge is 2.20. The minimum atomic E-state index is -0.123. The molecule has 0 aliphatic carbocycles. The summed E-state index contributed by atoms with van der Waals surface area (Å²) in [6.07, 6.45) is 2.65. The summed E-state index contributed by atoms with van der Waals surface area (Å²) in [6.45, 7) is 2.50. The van der Waals surface area contributed by atoms with Crippen LogP contribution in [0.4, 0.5) is 0 Å². The zero-order chi connectivity index (χ0) is 22.1. The molecule has 7 heteroatoms. The molecule has 0 spiro atoms. The van der Waals surface area contributed by atoms with E-state index in [4.69, 9.17) is 28.2 Å². The van der Waals surface area contributed by atoms with Gasteiger partial charge in [-0.05, 0) is 30.3 Å². The highest BCUT2D eigenvalue weighted by Crippen LogP contribution is 2.31. The van der Waals surface area contributed by atoms with E-state index in [0.717, 1.165) is 23.5 Å². The molecular weight excluding hydrogens is 431 g/mol. The van der Waals surface area contributed by atoms with Crippen molar-refractivity contribution in [3.63, 3.8) is 0 Å². The Bertz CT molecular complexity index is 1280. The highest BCUT2D eigenvalue weighted by atomic mass is 35.5. The summed E-state index contributed by atoms with van der Waals surface area (Å²) in [4.78, 5) is 24.4. The summed E-state index contributed by atoms with van der Waals surface area (Å²) in [5.74, 6) is 0.861. The average Bonchev–Trinajstić information content (AvgIpc) is 3.12. The molecule has 2 heterocycles. The minimum Gasteiger partial charge on any atom is -0.336 e. The van der Waals surface area contributed by atoms with Gasteiger partial charge >= 0.3 is 0 Å². The molecule has 158 valence electrons. The van der Waals surface area contributed by atoms with Crippen molar-refractivity contribution in [1.29, 1.82) is 0 Å². The Kier molecular flexibility index (Phi) is 5.99. The van der Waals surface area contributed by atoms with Gasteiger partial charge in [0.2, 0.25) is 0 Å². The van der Waals surface area contributed by atoms with E-state index in [1.807, 2.05) is 48.1 Å². The number of hydrogen-bond acceptors (Lipinski definition) is 3. The Labute approximate surface area is 191 Å². The van der Waals surface area contributed by atoms with Crippen LogP contribution in [-0.4, -0.2) is 32.4 Å². The monoisotopic (exact) mass is 452 g/mol. The maximum absolute atomic E-state index is 13.5. The second kappa shape index (κ2) is 8.69. The number of pyridine rings is 1. The van der Waals surface area contributed by atoms with Gasteiger partial charge in [-0.1, -0.05) is 48.3 Å². The van der Waals surface area contributed by atoms with Gasteiger partial charge in [-0.2, -0.15) is 0 Å². The van der Waals surface area contributed by atoms with Crippen LogP contribution in [0.1, 0.15) is 28.8 Å². The molecule has 0 aliphatic heterocycles. The van der Waals surface area contributed by atoms with Gasteiger partial charge in [0, 0.05) is 41.5 Å². The number of fused-ring (bicyclic) bond motifs is 1. The van der Waals surface area contributed by atoms with E-state index in [9.17, 15) is 4.79 Å². The molecule has 0 fully saturated rings. The predicted octanol–water partition coefficient (Wildman–Crippen LogP) is 5.78. The van der Waals surface area contributed by atoms with Gasteiger partial charge in [-0.3, -0.25) is 4.79 Å². The van der Waals surface area contributed by atoms with Crippen LogP contribution < -0.4 is 0 Å². The molecule has 1 amide bonds. The van der Waals surface area contributed by atoms with Crippen molar-refractivity contribution in [3.8, 4) is 11.3 Å². The number of carbonyl (C=O) groups excluding carboxylic acids is 1.